The summed E-state index contributed by atoms with van der Waals surface area (Å²) in [6.45, 7) is 2.23. The lowest BCUT2D eigenvalue weighted by Crippen LogP contribution is -1.97. The summed E-state index contributed by atoms with van der Waals surface area (Å²) in [6, 6.07) is 10.6. The SMILES string of the molecule is CCCCc1ccccc1.NS(=O)[O-]. The number of unbranched alkanes of at least 4 members (excludes halogenated alkanes) is 1. The molecule has 1 aromatic rings. The molecule has 0 heterocycles. The Morgan fingerprint density at radius 1 is 1.36 bits per heavy atom. The first-order valence-corrected chi connectivity index (χ1v) is 5.68. The van der Waals surface area contributed by atoms with Crippen molar-refractivity contribution < 1.29 is 8.76 Å². The smallest absolute Gasteiger partial charge is 0.0152 e. The molecule has 0 radical (unpaired) electrons. The second kappa shape index (κ2) is 8.87. The van der Waals surface area contributed by atoms with Crippen LogP contribution in [0.15, 0.2) is 30.3 Å². The lowest BCUT2D eigenvalue weighted by Gasteiger charge is -1.96. The van der Waals surface area contributed by atoms with Gasteiger partial charge >= 0.3 is 0 Å². The molecule has 4 heteroatoms. The molecule has 14 heavy (non-hydrogen) atoms. The maximum Gasteiger partial charge on any atom is 0.0152 e. The molecule has 0 aliphatic heterocycles. The van der Waals surface area contributed by atoms with Crippen LogP contribution in [0.3, 0.4) is 0 Å². The minimum absolute atomic E-state index is 1.23. The zero-order chi connectivity index (χ0) is 10.8. The van der Waals surface area contributed by atoms with Gasteiger partial charge in [0.05, 0.1) is 0 Å². The molecular formula is C10H16NO2S-. The highest BCUT2D eigenvalue weighted by atomic mass is 32.2. The minimum atomic E-state index is -2.36. The predicted octanol–water partition coefficient (Wildman–Crippen LogP) is 1.77. The third-order valence-corrected chi connectivity index (χ3v) is 1.66. The highest BCUT2D eigenvalue weighted by molar-refractivity contribution is 7.76. The van der Waals surface area contributed by atoms with E-state index in [1.165, 1.54) is 24.8 Å². The van der Waals surface area contributed by atoms with Crippen LogP contribution in [0.1, 0.15) is 25.3 Å². The van der Waals surface area contributed by atoms with Crippen molar-refractivity contribution in [2.24, 2.45) is 5.14 Å². The van der Waals surface area contributed by atoms with Crippen LogP contribution in [0, 0.1) is 0 Å². The molecule has 0 spiro atoms. The van der Waals surface area contributed by atoms with Gasteiger partial charge in [0.15, 0.2) is 0 Å². The molecule has 0 saturated carbocycles. The van der Waals surface area contributed by atoms with Crippen molar-refractivity contribution in [3.63, 3.8) is 0 Å². The predicted molar refractivity (Wildman–Crippen MR) is 58.2 cm³/mol. The van der Waals surface area contributed by atoms with E-state index in [0.29, 0.717) is 0 Å². The molecule has 3 nitrogen and oxygen atoms in total. The minimum Gasteiger partial charge on any atom is -0.760 e. The Morgan fingerprint density at radius 2 is 1.86 bits per heavy atom. The van der Waals surface area contributed by atoms with Gasteiger partial charge in [-0.15, -0.1) is 0 Å². The second-order valence-electron chi connectivity index (χ2n) is 2.85. The highest BCUT2D eigenvalue weighted by Gasteiger charge is 1.87. The van der Waals surface area contributed by atoms with Crippen LogP contribution in [0.5, 0.6) is 0 Å². The van der Waals surface area contributed by atoms with Crippen LogP contribution in [0.4, 0.5) is 0 Å². The Kier molecular flexibility index (Phi) is 8.42. The summed E-state index contributed by atoms with van der Waals surface area (Å²) in [5.74, 6) is 0. The topological polar surface area (TPSA) is 66.2 Å². The van der Waals surface area contributed by atoms with Gasteiger partial charge in [0.1, 0.15) is 0 Å². The molecule has 1 aromatic carbocycles. The van der Waals surface area contributed by atoms with Crippen molar-refractivity contribution >= 4 is 11.3 Å². The average Bonchev–Trinajstić information content (AvgIpc) is 2.15. The number of benzene rings is 1. The molecule has 0 fully saturated rings. The summed E-state index contributed by atoms with van der Waals surface area (Å²) in [5, 5.41) is 4.03. The summed E-state index contributed by atoms with van der Waals surface area (Å²) in [7, 11) is 0. The van der Waals surface area contributed by atoms with Crippen LogP contribution in [-0.2, 0) is 17.7 Å². The van der Waals surface area contributed by atoms with E-state index in [1.807, 2.05) is 0 Å². The normalized spacial score (nSPS) is 11.4. The van der Waals surface area contributed by atoms with Crippen molar-refractivity contribution in [2.75, 3.05) is 0 Å². The number of hydrogen-bond acceptors (Lipinski definition) is 2. The van der Waals surface area contributed by atoms with Gasteiger partial charge in [-0.05, 0) is 18.4 Å². The fourth-order valence-electron chi connectivity index (χ4n) is 1.03. The number of nitrogens with two attached hydrogens (primary N) is 1. The average molecular weight is 214 g/mol. The highest BCUT2D eigenvalue weighted by Crippen LogP contribution is 2.03. The fraction of sp³-hybridized carbons (Fsp3) is 0.400. The Bertz CT molecular complexity index is 248. The molecule has 0 aliphatic carbocycles. The number of hydrogen-bond donors (Lipinski definition) is 1. The van der Waals surface area contributed by atoms with Crippen LogP contribution >= 0.6 is 0 Å². The van der Waals surface area contributed by atoms with Crippen LogP contribution < -0.4 is 5.14 Å². The van der Waals surface area contributed by atoms with E-state index in [9.17, 15) is 0 Å². The quantitative estimate of drug-likeness (QED) is 0.779. The maximum atomic E-state index is 8.78. The molecule has 1 rings (SSSR count). The Morgan fingerprint density at radius 3 is 2.29 bits per heavy atom. The van der Waals surface area contributed by atoms with E-state index in [0.717, 1.165) is 0 Å². The van der Waals surface area contributed by atoms with Crippen molar-refractivity contribution in [3.8, 4) is 0 Å². The standard InChI is InChI=1S/C10H14.H3NO2S/c1-2-3-7-10-8-5-4-6-9-10;1-4(2)3/h4-6,8-9H,2-3,7H2,1H3;1H2,(H,2,3)/p-1. The molecule has 0 amide bonds. The first-order valence-electron chi connectivity index (χ1n) is 4.54. The number of aryl methyl sites for hydroxylation is 1. The van der Waals surface area contributed by atoms with Gasteiger partial charge in [-0.25, -0.2) is 0 Å². The fourth-order valence-corrected chi connectivity index (χ4v) is 1.03. The zero-order valence-corrected chi connectivity index (χ0v) is 9.13. The van der Waals surface area contributed by atoms with Gasteiger partial charge < -0.3 is 4.55 Å². The molecule has 0 aliphatic rings. The van der Waals surface area contributed by atoms with E-state index in [-0.39, 0.29) is 0 Å². The molecule has 1 unspecified atom stereocenters. The lowest BCUT2D eigenvalue weighted by atomic mass is 10.1. The van der Waals surface area contributed by atoms with Crippen molar-refractivity contribution in [2.45, 2.75) is 26.2 Å². The van der Waals surface area contributed by atoms with Gasteiger partial charge in [-0.2, -0.15) is 0 Å². The Labute approximate surface area is 87.7 Å². The maximum absolute atomic E-state index is 8.78. The van der Waals surface area contributed by atoms with Gasteiger partial charge in [-0.3, -0.25) is 9.35 Å². The summed E-state index contributed by atoms with van der Waals surface area (Å²) in [4.78, 5) is 0. The van der Waals surface area contributed by atoms with Crippen molar-refractivity contribution in [3.05, 3.63) is 35.9 Å². The second-order valence-corrected chi connectivity index (χ2v) is 3.37. The molecule has 0 saturated heterocycles. The summed E-state index contributed by atoms with van der Waals surface area (Å²) < 4.78 is 17.6. The van der Waals surface area contributed by atoms with Crippen LogP contribution in [-0.4, -0.2) is 8.76 Å². The molecule has 0 bridgehead atoms. The first-order chi connectivity index (χ1) is 6.66. The Hall–Kier alpha value is -0.710. The van der Waals surface area contributed by atoms with Crippen LogP contribution in [0.2, 0.25) is 0 Å². The third kappa shape index (κ3) is 9.38. The van der Waals surface area contributed by atoms with Gasteiger partial charge in [-0.1, -0.05) is 43.7 Å². The lowest BCUT2D eigenvalue weighted by molar-refractivity contribution is 0.539. The van der Waals surface area contributed by atoms with Gasteiger partial charge in [0.2, 0.25) is 0 Å². The first kappa shape index (κ1) is 13.3. The monoisotopic (exact) mass is 214 g/mol. The van der Waals surface area contributed by atoms with E-state index in [4.69, 9.17) is 8.76 Å². The zero-order valence-electron chi connectivity index (χ0n) is 8.31. The van der Waals surface area contributed by atoms with Crippen LogP contribution in [0.25, 0.3) is 0 Å². The number of rotatable bonds is 3. The van der Waals surface area contributed by atoms with E-state index < -0.39 is 11.3 Å². The molecule has 80 valence electrons. The summed E-state index contributed by atoms with van der Waals surface area (Å²) >= 11 is -2.36. The van der Waals surface area contributed by atoms with Gasteiger partial charge in [0.25, 0.3) is 0 Å². The summed E-state index contributed by atoms with van der Waals surface area (Å²) in [6.07, 6.45) is 3.83. The van der Waals surface area contributed by atoms with Crippen molar-refractivity contribution in [1.29, 1.82) is 0 Å². The third-order valence-electron chi connectivity index (χ3n) is 1.66. The molecule has 1 atom stereocenters. The van der Waals surface area contributed by atoms with Crippen molar-refractivity contribution in [1.82, 2.24) is 0 Å². The summed E-state index contributed by atoms with van der Waals surface area (Å²) in [5.41, 5.74) is 1.46. The van der Waals surface area contributed by atoms with E-state index >= 15 is 0 Å². The van der Waals surface area contributed by atoms with E-state index in [1.54, 1.807) is 0 Å². The molecule has 0 aromatic heterocycles. The van der Waals surface area contributed by atoms with E-state index in [2.05, 4.69) is 42.4 Å². The molecule has 2 N–H and O–H groups in total. The largest absolute Gasteiger partial charge is 0.760 e. The molecular weight excluding hydrogens is 198 g/mol. The van der Waals surface area contributed by atoms with Gasteiger partial charge in [0, 0.05) is 11.3 Å². The Balaban J connectivity index is 0.000000364.